The average molecular weight is 886 g/mol. The molecule has 0 radical (unpaired) electrons. The lowest BCUT2D eigenvalue weighted by Crippen LogP contribution is -2.58. The molecule has 0 aliphatic carbocycles. The Balaban J connectivity index is 1.31. The number of phenols is 1. The first-order valence-corrected chi connectivity index (χ1v) is 22.1. The number of piperidine rings is 1. The molecule has 1 saturated heterocycles. The molecule has 15 nitrogen and oxygen atoms in total. The molecule has 2 heterocycles. The van der Waals surface area contributed by atoms with Gasteiger partial charge < -0.3 is 47.1 Å². The van der Waals surface area contributed by atoms with Crippen molar-refractivity contribution in [1.29, 1.82) is 0 Å². The molecule has 342 valence electrons. The number of nitrogens with zero attached hydrogens (tertiary/aromatic N) is 1. The quantitative estimate of drug-likeness (QED) is 0.110. The number of benzene rings is 4. The first-order chi connectivity index (χ1) is 31.4. The number of aryl methyl sites for hydroxylation is 1. The number of aromatic hydroxyl groups is 1. The molecule has 6 amide bonds. The van der Waals surface area contributed by atoms with Crippen LogP contribution in [0.2, 0.25) is 0 Å². The van der Waals surface area contributed by atoms with Crippen LogP contribution in [-0.4, -0.2) is 103 Å². The minimum atomic E-state index is -1.12. The van der Waals surface area contributed by atoms with Gasteiger partial charge in [-0.25, -0.2) is 0 Å². The first kappa shape index (κ1) is 47.6. The number of fused-ring (bicyclic) bond motifs is 3. The smallest absolute Gasteiger partial charge is 0.246 e. The molecule has 0 saturated carbocycles. The van der Waals surface area contributed by atoms with Crippen LogP contribution in [0.5, 0.6) is 5.75 Å². The Morgan fingerprint density at radius 2 is 1.62 bits per heavy atom. The second-order valence-corrected chi connectivity index (χ2v) is 16.7. The predicted octanol–water partition coefficient (Wildman–Crippen LogP) is 2.76. The van der Waals surface area contributed by atoms with Crippen molar-refractivity contribution in [3.8, 4) is 16.9 Å². The number of ether oxygens (including phenoxy) is 1. The molecule has 0 unspecified atom stereocenters. The second kappa shape index (κ2) is 23.2. The van der Waals surface area contributed by atoms with E-state index in [-0.39, 0.29) is 63.7 Å². The molecule has 2 aliphatic rings. The highest BCUT2D eigenvalue weighted by Gasteiger charge is 2.44. The van der Waals surface area contributed by atoms with Crippen molar-refractivity contribution < 1.29 is 38.6 Å². The van der Waals surface area contributed by atoms with Gasteiger partial charge in [0.1, 0.15) is 17.8 Å². The Morgan fingerprint density at radius 1 is 0.862 bits per heavy atom. The normalized spacial score (nSPS) is 20.7. The number of carbonyl (C=O) groups is 6. The Bertz CT molecular complexity index is 2320. The van der Waals surface area contributed by atoms with Gasteiger partial charge in [-0.15, -0.1) is 0 Å². The molecule has 0 spiro atoms. The Kier molecular flexibility index (Phi) is 17.0. The predicted molar refractivity (Wildman–Crippen MR) is 246 cm³/mol. The fraction of sp³-hybridized carbons (Fsp3) is 0.360. The van der Waals surface area contributed by atoms with Gasteiger partial charge in [-0.1, -0.05) is 84.9 Å². The summed E-state index contributed by atoms with van der Waals surface area (Å²) in [7, 11) is 0. The van der Waals surface area contributed by atoms with Crippen molar-refractivity contribution in [2.45, 2.75) is 64.1 Å². The molecule has 3 atom stereocenters. The number of nitrogens with two attached hydrogens (primary N) is 1. The molecular formula is C50H59N7O8. The molecule has 4 aromatic rings. The Labute approximate surface area is 379 Å². The summed E-state index contributed by atoms with van der Waals surface area (Å²) < 4.78 is 5.37. The van der Waals surface area contributed by atoms with Crippen LogP contribution in [-0.2, 0) is 59.3 Å². The average Bonchev–Trinajstić information content (AvgIpc) is 3.29. The lowest BCUT2D eigenvalue weighted by molar-refractivity contribution is -0.141. The van der Waals surface area contributed by atoms with E-state index < -0.39 is 47.0 Å². The van der Waals surface area contributed by atoms with Gasteiger partial charge in [-0.2, -0.15) is 0 Å². The summed E-state index contributed by atoms with van der Waals surface area (Å²) in [5.41, 5.74) is 9.91. The summed E-state index contributed by atoms with van der Waals surface area (Å²) in [5, 5.41) is 24.6. The number of rotatable bonds is 11. The standard InChI is InChI=1S/C50H59N7O8/c1-34-26-40(29-41(58)27-34)37-14-12-35(13-15-37)28-43-48(63)54-32-39-11-6-5-10-38(39)30-45(60)55-42(47(62)53-22-25-65-24-20-51)18-21-52-44(59)16-17-46(61)57-23-7-19-50(33-57,49(64)56-43)31-36-8-3-2-4-9-36/h2-6,8-17,26-27,29,42-43,58H,7,18-25,28,30-33,51H2,1H3,(H,52,59)(H,53,62)(H,54,63)(H,55,60)(H,56,64)/b17-16+/t42-,43-,50-/m0/s1. The number of amides is 6. The first-order valence-electron chi connectivity index (χ1n) is 22.1. The van der Waals surface area contributed by atoms with Gasteiger partial charge in [0.15, 0.2) is 0 Å². The van der Waals surface area contributed by atoms with E-state index in [2.05, 4.69) is 26.6 Å². The maximum atomic E-state index is 14.9. The van der Waals surface area contributed by atoms with Gasteiger partial charge >= 0.3 is 0 Å². The van der Waals surface area contributed by atoms with Crippen LogP contribution in [0.4, 0.5) is 0 Å². The van der Waals surface area contributed by atoms with E-state index >= 15 is 0 Å². The summed E-state index contributed by atoms with van der Waals surface area (Å²) in [6, 6.07) is 27.5. The third-order valence-electron chi connectivity index (χ3n) is 11.7. The fourth-order valence-electron chi connectivity index (χ4n) is 8.34. The van der Waals surface area contributed by atoms with Crippen molar-refractivity contribution in [1.82, 2.24) is 31.5 Å². The molecule has 6 rings (SSSR count). The van der Waals surface area contributed by atoms with Crippen LogP contribution >= 0.6 is 0 Å². The van der Waals surface area contributed by atoms with Crippen molar-refractivity contribution in [3.63, 3.8) is 0 Å². The fourth-order valence-corrected chi connectivity index (χ4v) is 8.34. The second-order valence-electron chi connectivity index (χ2n) is 16.7. The SMILES string of the molecule is Cc1cc(O)cc(-c2ccc(C[C@@H]3NC(=O)[C@]4(Cc5ccccc5)CCCN(C4)C(=O)/C=C/C(=O)NCC[C@@H](C(=O)NCCOCCN)NC(=O)Cc4ccccc4CNC3=O)cc2)c1. The van der Waals surface area contributed by atoms with Crippen LogP contribution in [0.3, 0.4) is 0 Å². The molecule has 0 aromatic heterocycles. The maximum Gasteiger partial charge on any atom is 0.246 e. The monoisotopic (exact) mass is 885 g/mol. The van der Waals surface area contributed by atoms with Crippen LogP contribution in [0, 0.1) is 12.3 Å². The van der Waals surface area contributed by atoms with Crippen molar-refractivity contribution >= 4 is 35.4 Å². The lowest BCUT2D eigenvalue weighted by Gasteiger charge is -2.42. The van der Waals surface area contributed by atoms with E-state index in [4.69, 9.17) is 10.5 Å². The van der Waals surface area contributed by atoms with Gasteiger partial charge in [0.2, 0.25) is 35.4 Å². The maximum absolute atomic E-state index is 14.9. The Morgan fingerprint density at radius 3 is 2.37 bits per heavy atom. The molecule has 4 aromatic carbocycles. The van der Waals surface area contributed by atoms with Crippen LogP contribution < -0.4 is 32.3 Å². The van der Waals surface area contributed by atoms with E-state index in [1.165, 1.54) is 6.08 Å². The van der Waals surface area contributed by atoms with Gasteiger partial charge in [0.25, 0.3) is 0 Å². The number of nitrogens with one attached hydrogen (secondary N) is 5. The summed E-state index contributed by atoms with van der Waals surface area (Å²) in [6.45, 7) is 3.41. The topological polar surface area (TPSA) is 221 Å². The third-order valence-corrected chi connectivity index (χ3v) is 11.7. The molecule has 8 N–H and O–H groups in total. The van der Waals surface area contributed by atoms with E-state index in [1.807, 2.05) is 67.6 Å². The zero-order chi connectivity index (χ0) is 46.2. The molecular weight excluding hydrogens is 827 g/mol. The molecule has 65 heavy (non-hydrogen) atoms. The van der Waals surface area contributed by atoms with E-state index in [9.17, 15) is 33.9 Å². The van der Waals surface area contributed by atoms with Gasteiger partial charge in [0.05, 0.1) is 25.0 Å². The highest BCUT2D eigenvalue weighted by atomic mass is 16.5. The van der Waals surface area contributed by atoms with Crippen LogP contribution in [0.1, 0.15) is 47.1 Å². The minimum absolute atomic E-state index is 0.00861. The number of hydrogen-bond donors (Lipinski definition) is 7. The number of phenolic OH excluding ortho intramolecular Hbond substituents is 1. The summed E-state index contributed by atoms with van der Waals surface area (Å²) in [4.78, 5) is 84.5. The van der Waals surface area contributed by atoms with Crippen molar-refractivity contribution in [2.75, 3.05) is 45.9 Å². The van der Waals surface area contributed by atoms with Crippen molar-refractivity contribution in [2.24, 2.45) is 11.1 Å². The third kappa shape index (κ3) is 13.8. The van der Waals surface area contributed by atoms with Crippen molar-refractivity contribution in [3.05, 3.63) is 137 Å². The van der Waals surface area contributed by atoms with Gasteiger partial charge in [-0.3, -0.25) is 28.8 Å². The highest BCUT2D eigenvalue weighted by molar-refractivity contribution is 5.97. The zero-order valence-electron chi connectivity index (χ0n) is 36.8. The molecule has 2 aliphatic heterocycles. The summed E-state index contributed by atoms with van der Waals surface area (Å²) in [5.74, 6) is -2.63. The minimum Gasteiger partial charge on any atom is -0.508 e. The van der Waals surface area contributed by atoms with E-state index in [0.717, 1.165) is 33.9 Å². The van der Waals surface area contributed by atoms with E-state index in [1.54, 1.807) is 41.3 Å². The summed E-state index contributed by atoms with van der Waals surface area (Å²) in [6.07, 6.45) is 3.60. The molecule has 1 fully saturated rings. The van der Waals surface area contributed by atoms with Gasteiger partial charge in [0, 0.05) is 57.8 Å². The largest absolute Gasteiger partial charge is 0.508 e. The molecule has 15 heteroatoms. The highest BCUT2D eigenvalue weighted by Crippen LogP contribution is 2.35. The van der Waals surface area contributed by atoms with Gasteiger partial charge in [-0.05, 0) is 83.7 Å². The van der Waals surface area contributed by atoms with E-state index in [0.29, 0.717) is 50.1 Å². The lowest BCUT2D eigenvalue weighted by atomic mass is 9.74. The number of hydrogen-bond acceptors (Lipinski definition) is 9. The van der Waals surface area contributed by atoms with Crippen LogP contribution in [0.15, 0.2) is 109 Å². The number of carbonyl (C=O) groups excluding carboxylic acids is 6. The van der Waals surface area contributed by atoms with Crippen LogP contribution in [0.25, 0.3) is 11.1 Å². The zero-order valence-corrected chi connectivity index (χ0v) is 36.8. The molecule has 2 bridgehead atoms. The Hall–Kier alpha value is -6.84. The summed E-state index contributed by atoms with van der Waals surface area (Å²) >= 11 is 0.